The minimum absolute atomic E-state index is 0.102. The van der Waals surface area contributed by atoms with Crippen LogP contribution in [0.4, 0.5) is 4.79 Å². The molecule has 0 saturated heterocycles. The standard InChI is InChI=1S/C14H17N3O2/c1-3-9-15-13(18)10-16-14(19)17-11(2)12-7-5-4-6-8-12/h1,4-8,11H,9-10H2,2H3,(H,15,18)(H2,16,17,19). The van der Waals surface area contributed by atoms with Gasteiger partial charge in [0.05, 0.1) is 19.1 Å². The Balaban J connectivity index is 2.32. The van der Waals surface area contributed by atoms with Crippen LogP contribution in [0, 0.1) is 12.3 Å². The smallest absolute Gasteiger partial charge is 0.315 e. The molecule has 0 saturated carbocycles. The van der Waals surface area contributed by atoms with Crippen LogP contribution < -0.4 is 16.0 Å². The number of amides is 3. The van der Waals surface area contributed by atoms with Crippen molar-refractivity contribution in [2.75, 3.05) is 13.1 Å². The Kier molecular flexibility index (Phi) is 5.96. The molecule has 0 aromatic heterocycles. The van der Waals surface area contributed by atoms with E-state index in [-0.39, 0.29) is 25.0 Å². The molecule has 0 aliphatic carbocycles. The van der Waals surface area contributed by atoms with Gasteiger partial charge < -0.3 is 16.0 Å². The summed E-state index contributed by atoms with van der Waals surface area (Å²) in [6.07, 6.45) is 5.00. The van der Waals surface area contributed by atoms with E-state index in [0.717, 1.165) is 5.56 Å². The Labute approximate surface area is 112 Å². The minimum Gasteiger partial charge on any atom is -0.344 e. The molecule has 100 valence electrons. The largest absolute Gasteiger partial charge is 0.344 e. The van der Waals surface area contributed by atoms with E-state index in [0.29, 0.717) is 0 Å². The molecule has 0 spiro atoms. The van der Waals surface area contributed by atoms with Crippen LogP contribution >= 0.6 is 0 Å². The molecule has 0 radical (unpaired) electrons. The van der Waals surface area contributed by atoms with E-state index in [1.807, 2.05) is 37.3 Å². The lowest BCUT2D eigenvalue weighted by molar-refractivity contribution is -0.119. The molecule has 1 rings (SSSR count). The number of carbonyl (C=O) groups is 2. The first-order valence-electron chi connectivity index (χ1n) is 5.93. The lowest BCUT2D eigenvalue weighted by atomic mass is 10.1. The third kappa shape index (κ3) is 5.59. The minimum atomic E-state index is -0.396. The van der Waals surface area contributed by atoms with Gasteiger partial charge in [-0.05, 0) is 12.5 Å². The van der Waals surface area contributed by atoms with Crippen LogP contribution in [0.2, 0.25) is 0 Å². The summed E-state index contributed by atoms with van der Waals surface area (Å²) in [6.45, 7) is 1.92. The zero-order chi connectivity index (χ0) is 14.1. The van der Waals surface area contributed by atoms with E-state index in [2.05, 4.69) is 21.9 Å². The van der Waals surface area contributed by atoms with Crippen LogP contribution in [-0.2, 0) is 4.79 Å². The molecule has 0 bridgehead atoms. The first-order valence-corrected chi connectivity index (χ1v) is 5.93. The molecule has 0 heterocycles. The summed E-state index contributed by atoms with van der Waals surface area (Å²) in [5.41, 5.74) is 0.995. The highest BCUT2D eigenvalue weighted by atomic mass is 16.2. The van der Waals surface area contributed by atoms with Crippen molar-refractivity contribution in [1.29, 1.82) is 0 Å². The number of benzene rings is 1. The number of rotatable bonds is 5. The molecule has 1 atom stereocenters. The molecular formula is C14H17N3O2. The van der Waals surface area contributed by atoms with E-state index in [4.69, 9.17) is 6.42 Å². The Morgan fingerprint density at radius 1 is 1.26 bits per heavy atom. The average molecular weight is 259 g/mol. The SMILES string of the molecule is C#CCNC(=O)CNC(=O)NC(C)c1ccccc1. The summed E-state index contributed by atoms with van der Waals surface area (Å²) in [5, 5.41) is 7.65. The van der Waals surface area contributed by atoms with E-state index in [1.54, 1.807) is 0 Å². The lowest BCUT2D eigenvalue weighted by Gasteiger charge is -2.14. The van der Waals surface area contributed by atoms with Gasteiger partial charge in [-0.25, -0.2) is 4.79 Å². The number of urea groups is 1. The number of carbonyl (C=O) groups excluding carboxylic acids is 2. The van der Waals surface area contributed by atoms with Crippen molar-refractivity contribution in [2.24, 2.45) is 0 Å². The van der Waals surface area contributed by atoms with Gasteiger partial charge in [-0.2, -0.15) is 0 Å². The zero-order valence-electron chi connectivity index (χ0n) is 10.8. The average Bonchev–Trinajstić information content (AvgIpc) is 2.43. The monoisotopic (exact) mass is 259 g/mol. The molecule has 3 N–H and O–H groups in total. The van der Waals surface area contributed by atoms with Crippen LogP contribution in [0.25, 0.3) is 0 Å². The van der Waals surface area contributed by atoms with Gasteiger partial charge in [0, 0.05) is 0 Å². The van der Waals surface area contributed by atoms with Gasteiger partial charge in [0.15, 0.2) is 0 Å². The summed E-state index contributed by atoms with van der Waals surface area (Å²) < 4.78 is 0. The van der Waals surface area contributed by atoms with E-state index in [9.17, 15) is 9.59 Å². The van der Waals surface area contributed by atoms with Gasteiger partial charge in [0.1, 0.15) is 0 Å². The quantitative estimate of drug-likeness (QED) is 0.684. The second-order valence-corrected chi connectivity index (χ2v) is 3.94. The molecule has 19 heavy (non-hydrogen) atoms. The Hall–Kier alpha value is -2.48. The fraction of sp³-hybridized carbons (Fsp3) is 0.286. The van der Waals surface area contributed by atoms with Gasteiger partial charge in [-0.15, -0.1) is 6.42 Å². The highest BCUT2D eigenvalue weighted by molar-refractivity contribution is 5.84. The summed E-state index contributed by atoms with van der Waals surface area (Å²) >= 11 is 0. The molecule has 1 unspecified atom stereocenters. The van der Waals surface area contributed by atoms with Crippen molar-refractivity contribution < 1.29 is 9.59 Å². The summed E-state index contributed by atoms with van der Waals surface area (Å²) in [5.74, 6) is 1.96. The van der Waals surface area contributed by atoms with Gasteiger partial charge >= 0.3 is 6.03 Å². The topological polar surface area (TPSA) is 70.2 Å². The molecule has 5 heteroatoms. The maximum atomic E-state index is 11.6. The molecule has 0 aliphatic heterocycles. The van der Waals surface area contributed by atoms with Crippen LogP contribution in [-0.4, -0.2) is 25.0 Å². The van der Waals surface area contributed by atoms with E-state index < -0.39 is 6.03 Å². The van der Waals surface area contributed by atoms with Crippen LogP contribution in [0.15, 0.2) is 30.3 Å². The van der Waals surface area contributed by atoms with Crippen molar-refractivity contribution >= 4 is 11.9 Å². The van der Waals surface area contributed by atoms with Gasteiger partial charge in [-0.3, -0.25) is 4.79 Å². The zero-order valence-corrected chi connectivity index (χ0v) is 10.8. The van der Waals surface area contributed by atoms with Crippen LogP contribution in [0.5, 0.6) is 0 Å². The number of hydrogen-bond acceptors (Lipinski definition) is 2. The number of terminal acetylenes is 1. The summed E-state index contributed by atoms with van der Waals surface area (Å²) in [4.78, 5) is 22.8. The predicted molar refractivity (Wildman–Crippen MR) is 73.2 cm³/mol. The van der Waals surface area contributed by atoms with Crippen molar-refractivity contribution in [3.63, 3.8) is 0 Å². The molecule has 0 fully saturated rings. The summed E-state index contributed by atoms with van der Waals surface area (Å²) in [7, 11) is 0. The van der Waals surface area contributed by atoms with Gasteiger partial charge in [0.25, 0.3) is 0 Å². The molecule has 1 aromatic carbocycles. The Morgan fingerprint density at radius 2 is 1.95 bits per heavy atom. The number of hydrogen-bond donors (Lipinski definition) is 3. The van der Waals surface area contributed by atoms with Gasteiger partial charge in [-0.1, -0.05) is 36.3 Å². The molecule has 5 nitrogen and oxygen atoms in total. The highest BCUT2D eigenvalue weighted by Gasteiger charge is 2.09. The third-order valence-corrected chi connectivity index (χ3v) is 2.44. The Bertz CT molecular complexity index is 465. The van der Waals surface area contributed by atoms with Crippen molar-refractivity contribution in [2.45, 2.75) is 13.0 Å². The van der Waals surface area contributed by atoms with Crippen LogP contribution in [0.1, 0.15) is 18.5 Å². The predicted octanol–water partition coefficient (Wildman–Crippen LogP) is 0.796. The first kappa shape index (κ1) is 14.6. The summed E-state index contributed by atoms with van der Waals surface area (Å²) in [6, 6.07) is 9.03. The fourth-order valence-corrected chi connectivity index (χ4v) is 1.45. The lowest BCUT2D eigenvalue weighted by Crippen LogP contribution is -2.42. The van der Waals surface area contributed by atoms with Crippen LogP contribution in [0.3, 0.4) is 0 Å². The second kappa shape index (κ2) is 7.77. The number of nitrogens with one attached hydrogen (secondary N) is 3. The Morgan fingerprint density at radius 3 is 2.58 bits per heavy atom. The maximum absolute atomic E-state index is 11.6. The van der Waals surface area contributed by atoms with Crippen molar-refractivity contribution in [1.82, 2.24) is 16.0 Å². The second-order valence-electron chi connectivity index (χ2n) is 3.94. The molecule has 0 aliphatic rings. The fourth-order valence-electron chi connectivity index (χ4n) is 1.45. The van der Waals surface area contributed by atoms with Gasteiger partial charge in [0.2, 0.25) is 5.91 Å². The molecule has 1 aromatic rings. The van der Waals surface area contributed by atoms with Crippen molar-refractivity contribution in [3.05, 3.63) is 35.9 Å². The first-order chi connectivity index (χ1) is 9.13. The third-order valence-electron chi connectivity index (χ3n) is 2.44. The normalized spacial score (nSPS) is 10.9. The van der Waals surface area contributed by atoms with E-state index in [1.165, 1.54) is 0 Å². The van der Waals surface area contributed by atoms with E-state index >= 15 is 0 Å². The van der Waals surface area contributed by atoms with Crippen molar-refractivity contribution in [3.8, 4) is 12.3 Å². The highest BCUT2D eigenvalue weighted by Crippen LogP contribution is 2.10. The maximum Gasteiger partial charge on any atom is 0.315 e. The molecule has 3 amide bonds. The molecular weight excluding hydrogens is 242 g/mol.